The standard InChI is InChI=1S/C18H20N4O/c1-13(12-23)5-8-18(19-2)21-17-9-10-20-16-7-6-14(22(3)4)11-15(16)17/h5-12H,2H2,1,3-4H3,(H,20,21)/b13-5+,18-8+. The van der Waals surface area contributed by atoms with Gasteiger partial charge in [0, 0.05) is 31.4 Å². The molecule has 0 saturated carbocycles. The van der Waals surface area contributed by atoms with Gasteiger partial charge >= 0.3 is 0 Å². The lowest BCUT2D eigenvalue weighted by Gasteiger charge is -2.15. The molecule has 1 aromatic carbocycles. The highest BCUT2D eigenvalue weighted by Crippen LogP contribution is 2.27. The quantitative estimate of drug-likeness (QED) is 0.384. The Hall–Kier alpha value is -2.95. The zero-order valence-electron chi connectivity index (χ0n) is 13.6. The van der Waals surface area contributed by atoms with E-state index in [1.54, 1.807) is 25.3 Å². The van der Waals surface area contributed by atoms with E-state index in [9.17, 15) is 4.79 Å². The summed E-state index contributed by atoms with van der Waals surface area (Å²) in [7, 11) is 3.99. The van der Waals surface area contributed by atoms with Crippen molar-refractivity contribution in [3.05, 3.63) is 54.0 Å². The molecule has 1 heterocycles. The van der Waals surface area contributed by atoms with Crippen molar-refractivity contribution in [1.29, 1.82) is 0 Å². The van der Waals surface area contributed by atoms with Gasteiger partial charge in [0.15, 0.2) is 0 Å². The Kier molecular flexibility index (Phi) is 5.25. The normalized spacial score (nSPS) is 12.1. The van der Waals surface area contributed by atoms with E-state index in [0.717, 1.165) is 28.6 Å². The fourth-order valence-corrected chi connectivity index (χ4v) is 2.04. The van der Waals surface area contributed by atoms with Crippen LogP contribution in [0.1, 0.15) is 6.92 Å². The van der Waals surface area contributed by atoms with Crippen LogP contribution < -0.4 is 10.2 Å². The molecule has 0 aliphatic carbocycles. The minimum atomic E-state index is 0.564. The van der Waals surface area contributed by atoms with E-state index in [4.69, 9.17) is 0 Å². The Morgan fingerprint density at radius 3 is 2.74 bits per heavy atom. The van der Waals surface area contributed by atoms with Crippen molar-refractivity contribution in [2.24, 2.45) is 4.99 Å². The van der Waals surface area contributed by atoms with Gasteiger partial charge in [0.2, 0.25) is 0 Å². The van der Waals surface area contributed by atoms with Crippen molar-refractivity contribution < 1.29 is 4.79 Å². The summed E-state index contributed by atoms with van der Waals surface area (Å²) in [5.41, 5.74) is 3.47. The zero-order valence-corrected chi connectivity index (χ0v) is 13.6. The summed E-state index contributed by atoms with van der Waals surface area (Å²) >= 11 is 0. The Labute approximate surface area is 136 Å². The molecule has 0 aliphatic heterocycles. The summed E-state index contributed by atoms with van der Waals surface area (Å²) in [6, 6.07) is 7.96. The Bertz CT molecular complexity index is 791. The second kappa shape index (κ2) is 7.35. The van der Waals surface area contributed by atoms with Crippen LogP contribution in [-0.4, -0.2) is 32.1 Å². The molecule has 0 radical (unpaired) electrons. The Balaban J connectivity index is 2.44. The number of anilines is 2. The van der Waals surface area contributed by atoms with Crippen LogP contribution in [0.2, 0.25) is 0 Å². The second-order valence-electron chi connectivity index (χ2n) is 5.32. The second-order valence-corrected chi connectivity index (χ2v) is 5.32. The predicted octanol–water partition coefficient (Wildman–Crippen LogP) is 3.40. The lowest BCUT2D eigenvalue weighted by Crippen LogP contribution is -2.08. The van der Waals surface area contributed by atoms with Crippen LogP contribution >= 0.6 is 0 Å². The first-order valence-electron chi connectivity index (χ1n) is 7.18. The molecule has 0 aliphatic rings. The third-order valence-electron chi connectivity index (χ3n) is 3.36. The minimum Gasteiger partial charge on any atom is -0.378 e. The maximum atomic E-state index is 10.7. The average Bonchev–Trinajstić information content (AvgIpc) is 2.57. The SMILES string of the molecule is C=N/C(=C\C=C(/C)C=O)Nc1ccnc2ccc(N(C)C)cc12. The fourth-order valence-electron chi connectivity index (χ4n) is 2.04. The number of hydrogen-bond acceptors (Lipinski definition) is 5. The number of pyridine rings is 1. The number of allylic oxidation sites excluding steroid dienone is 3. The third kappa shape index (κ3) is 4.03. The van der Waals surface area contributed by atoms with Crippen LogP contribution in [0.5, 0.6) is 0 Å². The highest BCUT2D eigenvalue weighted by Gasteiger charge is 2.05. The summed E-state index contributed by atoms with van der Waals surface area (Å²) in [5, 5.41) is 4.22. The van der Waals surface area contributed by atoms with Crippen LogP contribution in [0.15, 0.2) is 59.0 Å². The number of aromatic nitrogens is 1. The summed E-state index contributed by atoms with van der Waals surface area (Å²) in [6.45, 7) is 5.30. The first-order valence-corrected chi connectivity index (χ1v) is 7.18. The molecular formula is C18H20N4O. The van der Waals surface area contributed by atoms with Crippen molar-refractivity contribution in [2.75, 3.05) is 24.3 Å². The van der Waals surface area contributed by atoms with Crippen molar-refractivity contribution in [1.82, 2.24) is 4.98 Å². The van der Waals surface area contributed by atoms with Crippen LogP contribution in [-0.2, 0) is 4.79 Å². The van der Waals surface area contributed by atoms with E-state index >= 15 is 0 Å². The van der Waals surface area contributed by atoms with Gasteiger partial charge in [-0.2, -0.15) is 0 Å². The summed E-state index contributed by atoms with van der Waals surface area (Å²) in [5.74, 6) is 0.564. The minimum absolute atomic E-state index is 0.564. The first-order chi connectivity index (χ1) is 11.0. The third-order valence-corrected chi connectivity index (χ3v) is 3.36. The molecular weight excluding hydrogens is 288 g/mol. The highest BCUT2D eigenvalue weighted by atomic mass is 16.1. The molecule has 5 nitrogen and oxygen atoms in total. The number of aldehydes is 1. The van der Waals surface area contributed by atoms with Crippen molar-refractivity contribution >= 4 is 35.3 Å². The summed E-state index contributed by atoms with van der Waals surface area (Å²) in [4.78, 5) is 21.0. The molecule has 0 unspecified atom stereocenters. The molecule has 0 amide bonds. The van der Waals surface area contributed by atoms with Gasteiger partial charge in [-0.15, -0.1) is 0 Å². The molecule has 0 saturated heterocycles. The number of carbonyl (C=O) groups excluding carboxylic acids is 1. The summed E-state index contributed by atoms with van der Waals surface area (Å²) in [6.07, 6.45) is 5.95. The van der Waals surface area contributed by atoms with Gasteiger partial charge in [0.1, 0.15) is 12.1 Å². The largest absolute Gasteiger partial charge is 0.378 e. The predicted molar refractivity (Wildman–Crippen MR) is 97.1 cm³/mol. The molecule has 0 spiro atoms. The molecule has 0 bridgehead atoms. The summed E-state index contributed by atoms with van der Waals surface area (Å²) < 4.78 is 0. The van der Waals surface area contributed by atoms with Crippen LogP contribution in [0.25, 0.3) is 10.9 Å². The van der Waals surface area contributed by atoms with Gasteiger partial charge in [-0.05, 0) is 49.6 Å². The Morgan fingerprint density at radius 1 is 1.30 bits per heavy atom. The number of aliphatic imine (C=N–C) groups is 1. The van der Waals surface area contributed by atoms with Gasteiger partial charge < -0.3 is 10.2 Å². The van der Waals surface area contributed by atoms with Gasteiger partial charge in [-0.3, -0.25) is 9.78 Å². The van der Waals surface area contributed by atoms with E-state index in [0.29, 0.717) is 11.4 Å². The molecule has 118 valence electrons. The van der Waals surface area contributed by atoms with E-state index < -0.39 is 0 Å². The average molecular weight is 308 g/mol. The molecule has 0 fully saturated rings. The molecule has 2 rings (SSSR count). The van der Waals surface area contributed by atoms with Gasteiger partial charge in [0.25, 0.3) is 0 Å². The van der Waals surface area contributed by atoms with Crippen molar-refractivity contribution in [2.45, 2.75) is 6.92 Å². The van der Waals surface area contributed by atoms with Gasteiger partial charge in [-0.1, -0.05) is 6.08 Å². The van der Waals surface area contributed by atoms with E-state index in [2.05, 4.69) is 28.1 Å². The van der Waals surface area contributed by atoms with Gasteiger partial charge in [0.05, 0.1) is 11.2 Å². The maximum absolute atomic E-state index is 10.7. The van der Waals surface area contributed by atoms with Gasteiger partial charge in [-0.25, -0.2) is 4.99 Å². The first kappa shape index (κ1) is 16.4. The smallest absolute Gasteiger partial charge is 0.145 e. The number of benzene rings is 1. The number of hydrogen-bond donors (Lipinski definition) is 1. The highest BCUT2D eigenvalue weighted by molar-refractivity contribution is 5.94. The van der Waals surface area contributed by atoms with Crippen LogP contribution in [0.3, 0.4) is 0 Å². The number of nitrogens with zero attached hydrogens (tertiary/aromatic N) is 3. The van der Waals surface area contributed by atoms with E-state index in [1.807, 2.05) is 37.2 Å². The van der Waals surface area contributed by atoms with Crippen molar-refractivity contribution in [3.63, 3.8) is 0 Å². The lowest BCUT2D eigenvalue weighted by atomic mass is 10.1. The number of carbonyl (C=O) groups is 1. The molecule has 23 heavy (non-hydrogen) atoms. The number of rotatable bonds is 6. The maximum Gasteiger partial charge on any atom is 0.145 e. The van der Waals surface area contributed by atoms with E-state index in [1.165, 1.54) is 0 Å². The molecule has 0 atom stereocenters. The number of fused-ring (bicyclic) bond motifs is 1. The lowest BCUT2D eigenvalue weighted by molar-refractivity contribution is -0.104. The van der Waals surface area contributed by atoms with E-state index in [-0.39, 0.29) is 0 Å². The zero-order chi connectivity index (χ0) is 16.8. The number of nitrogens with one attached hydrogen (secondary N) is 1. The monoisotopic (exact) mass is 308 g/mol. The molecule has 2 aromatic rings. The topological polar surface area (TPSA) is 57.6 Å². The molecule has 1 aromatic heterocycles. The van der Waals surface area contributed by atoms with Crippen LogP contribution in [0.4, 0.5) is 11.4 Å². The molecule has 1 N–H and O–H groups in total. The fraction of sp³-hybridized carbons (Fsp3) is 0.167. The Morgan fingerprint density at radius 2 is 2.09 bits per heavy atom. The molecule has 5 heteroatoms. The van der Waals surface area contributed by atoms with Crippen molar-refractivity contribution in [3.8, 4) is 0 Å². The van der Waals surface area contributed by atoms with Crippen LogP contribution in [0, 0.1) is 0 Å².